The molecule has 1 aliphatic carbocycles. The quantitative estimate of drug-likeness (QED) is 0.442. The molecule has 0 bridgehead atoms. The lowest BCUT2D eigenvalue weighted by molar-refractivity contribution is 0.0368. The van der Waals surface area contributed by atoms with Gasteiger partial charge in [0, 0.05) is 37.2 Å². The van der Waals surface area contributed by atoms with Crippen LogP contribution in [0.1, 0.15) is 29.7 Å². The van der Waals surface area contributed by atoms with E-state index >= 15 is 0 Å². The molecule has 23 heavy (non-hydrogen) atoms. The third-order valence-electron chi connectivity index (χ3n) is 3.47. The molecule has 1 aromatic rings. The van der Waals surface area contributed by atoms with Gasteiger partial charge < -0.3 is 20.5 Å². The molecule has 0 amide bonds. The number of aromatic nitrogens is 1. The van der Waals surface area contributed by atoms with Gasteiger partial charge in [-0.2, -0.15) is 0 Å². The number of hydrogen-bond acceptors (Lipinski definition) is 5. The second-order valence-electron chi connectivity index (χ2n) is 5.90. The van der Waals surface area contributed by atoms with Crippen molar-refractivity contribution < 1.29 is 9.84 Å². The van der Waals surface area contributed by atoms with Crippen molar-refractivity contribution in [3.63, 3.8) is 0 Å². The van der Waals surface area contributed by atoms with Crippen LogP contribution in [0.5, 0.6) is 0 Å². The molecular weight excluding hydrogens is 312 g/mol. The summed E-state index contributed by atoms with van der Waals surface area (Å²) < 4.78 is 5.49. The fraction of sp³-hybridized carbons (Fsp3) is 0.750. The summed E-state index contributed by atoms with van der Waals surface area (Å²) in [6.45, 7) is 7.12. The Kier molecular flexibility index (Phi) is 7.78. The number of ether oxygens (including phenoxy) is 1. The molecule has 3 N–H and O–H groups in total. The van der Waals surface area contributed by atoms with Gasteiger partial charge in [0.2, 0.25) is 0 Å². The number of guanidine groups is 1. The van der Waals surface area contributed by atoms with E-state index in [-0.39, 0.29) is 0 Å². The molecule has 1 saturated carbocycles. The molecule has 0 radical (unpaired) electrons. The molecular formula is C16H28N4O2S. The number of aliphatic imine (C=N–C) groups is 1. The number of aryl methyl sites for hydroxylation is 1. The average Bonchev–Trinajstić information content (AvgIpc) is 3.26. The average molecular weight is 340 g/mol. The number of aliphatic hydroxyl groups is 1. The molecule has 0 aromatic carbocycles. The highest BCUT2D eigenvalue weighted by atomic mass is 32.1. The molecule has 7 heteroatoms. The van der Waals surface area contributed by atoms with E-state index in [1.54, 1.807) is 11.3 Å². The first-order valence-corrected chi connectivity index (χ1v) is 9.18. The third kappa shape index (κ3) is 7.76. The van der Waals surface area contributed by atoms with Gasteiger partial charge in [-0.05, 0) is 32.6 Å². The van der Waals surface area contributed by atoms with E-state index in [9.17, 15) is 5.11 Å². The molecule has 6 nitrogen and oxygen atoms in total. The highest BCUT2D eigenvalue weighted by Crippen LogP contribution is 2.28. The van der Waals surface area contributed by atoms with Gasteiger partial charge in [0.15, 0.2) is 5.96 Å². The predicted molar refractivity (Wildman–Crippen MR) is 94.1 cm³/mol. The second-order valence-corrected chi connectivity index (χ2v) is 7.22. The third-order valence-corrected chi connectivity index (χ3v) is 4.44. The van der Waals surface area contributed by atoms with Crippen molar-refractivity contribution in [1.82, 2.24) is 15.6 Å². The normalized spacial score (nSPS) is 16.4. The summed E-state index contributed by atoms with van der Waals surface area (Å²) >= 11 is 1.72. The molecule has 1 fully saturated rings. The summed E-state index contributed by atoms with van der Waals surface area (Å²) in [6, 6.07) is 0. The smallest absolute Gasteiger partial charge is 0.191 e. The maximum Gasteiger partial charge on any atom is 0.191 e. The van der Waals surface area contributed by atoms with Gasteiger partial charge in [0.05, 0.1) is 24.3 Å². The number of rotatable bonds is 10. The van der Waals surface area contributed by atoms with E-state index in [4.69, 9.17) is 4.74 Å². The maximum absolute atomic E-state index is 9.91. The summed E-state index contributed by atoms with van der Waals surface area (Å²) in [4.78, 5) is 9.99. The van der Waals surface area contributed by atoms with Gasteiger partial charge in [-0.1, -0.05) is 0 Å². The first-order chi connectivity index (χ1) is 11.2. The van der Waals surface area contributed by atoms with E-state index in [1.165, 1.54) is 17.7 Å². The summed E-state index contributed by atoms with van der Waals surface area (Å²) in [7, 11) is 0. The molecule has 1 unspecified atom stereocenters. The molecule has 1 aromatic heterocycles. The Balaban J connectivity index is 1.65. The SMILES string of the molecule is CCNC(=NCC(O)COCC1CC1)NCCc1ncc(C)s1. The lowest BCUT2D eigenvalue weighted by Crippen LogP contribution is -2.39. The zero-order valence-electron chi connectivity index (χ0n) is 14.0. The molecule has 0 aliphatic heterocycles. The Labute approximate surface area is 142 Å². The minimum atomic E-state index is -0.550. The Hall–Kier alpha value is -1.18. The molecule has 0 spiro atoms. The van der Waals surface area contributed by atoms with Crippen LogP contribution in [0.4, 0.5) is 0 Å². The Morgan fingerprint density at radius 2 is 2.35 bits per heavy atom. The molecule has 2 rings (SSSR count). The summed E-state index contributed by atoms with van der Waals surface area (Å²) in [5.74, 6) is 1.45. The first kappa shape index (κ1) is 18.2. The summed E-state index contributed by atoms with van der Waals surface area (Å²) in [6.07, 6.45) is 4.75. The van der Waals surface area contributed by atoms with Crippen molar-refractivity contribution in [2.45, 2.75) is 39.2 Å². The van der Waals surface area contributed by atoms with Crippen LogP contribution in [-0.2, 0) is 11.2 Å². The van der Waals surface area contributed by atoms with Crippen molar-refractivity contribution in [3.05, 3.63) is 16.1 Å². The Morgan fingerprint density at radius 1 is 1.52 bits per heavy atom. The van der Waals surface area contributed by atoms with Crippen LogP contribution in [0.2, 0.25) is 0 Å². The minimum absolute atomic E-state index is 0.344. The van der Waals surface area contributed by atoms with E-state index in [1.807, 2.05) is 13.1 Å². The zero-order chi connectivity index (χ0) is 16.5. The minimum Gasteiger partial charge on any atom is -0.389 e. The van der Waals surface area contributed by atoms with Gasteiger partial charge in [0.1, 0.15) is 0 Å². The van der Waals surface area contributed by atoms with Gasteiger partial charge in [0.25, 0.3) is 0 Å². The van der Waals surface area contributed by atoms with Crippen molar-refractivity contribution in [3.8, 4) is 0 Å². The highest BCUT2D eigenvalue weighted by Gasteiger charge is 2.21. The van der Waals surface area contributed by atoms with Crippen LogP contribution in [0, 0.1) is 12.8 Å². The summed E-state index contributed by atoms with van der Waals surface area (Å²) in [5, 5.41) is 17.5. The van der Waals surface area contributed by atoms with Crippen molar-refractivity contribution >= 4 is 17.3 Å². The molecule has 1 aliphatic rings. The lowest BCUT2D eigenvalue weighted by atomic mass is 10.4. The fourth-order valence-electron chi connectivity index (χ4n) is 2.05. The number of nitrogens with zero attached hydrogens (tertiary/aromatic N) is 2. The largest absolute Gasteiger partial charge is 0.389 e. The highest BCUT2D eigenvalue weighted by molar-refractivity contribution is 7.11. The molecule has 130 valence electrons. The standard InChI is InChI=1S/C16H28N4O2S/c1-3-17-16(18-7-6-15-19-8-12(2)23-15)20-9-14(21)11-22-10-13-4-5-13/h8,13-14,21H,3-7,9-11H2,1-2H3,(H2,17,18,20). The van der Waals surface area contributed by atoms with Gasteiger partial charge in [-0.25, -0.2) is 4.98 Å². The monoisotopic (exact) mass is 340 g/mol. The van der Waals surface area contributed by atoms with Gasteiger partial charge in [-0.15, -0.1) is 11.3 Å². The number of thiazole rings is 1. The topological polar surface area (TPSA) is 78.8 Å². The Morgan fingerprint density at radius 3 is 3.00 bits per heavy atom. The van der Waals surface area contributed by atoms with Crippen molar-refractivity contribution in [2.24, 2.45) is 10.9 Å². The van der Waals surface area contributed by atoms with Crippen molar-refractivity contribution in [1.29, 1.82) is 0 Å². The predicted octanol–water partition coefficient (Wildman–Crippen LogP) is 1.34. The van der Waals surface area contributed by atoms with Crippen LogP contribution in [-0.4, -0.2) is 55.0 Å². The fourth-order valence-corrected chi connectivity index (χ4v) is 2.84. The number of hydrogen-bond donors (Lipinski definition) is 3. The van der Waals surface area contributed by atoms with E-state index in [0.29, 0.717) is 13.2 Å². The molecule has 1 heterocycles. The summed E-state index contributed by atoms with van der Waals surface area (Å²) in [5.41, 5.74) is 0. The van der Waals surface area contributed by atoms with Crippen molar-refractivity contribution in [2.75, 3.05) is 32.8 Å². The number of aliphatic hydroxyl groups excluding tert-OH is 1. The van der Waals surface area contributed by atoms with Crippen LogP contribution in [0.15, 0.2) is 11.2 Å². The first-order valence-electron chi connectivity index (χ1n) is 8.36. The van der Waals surface area contributed by atoms with Crippen LogP contribution in [0.3, 0.4) is 0 Å². The maximum atomic E-state index is 9.91. The van der Waals surface area contributed by atoms with E-state index in [2.05, 4.69) is 27.5 Å². The van der Waals surface area contributed by atoms with Crippen LogP contribution >= 0.6 is 11.3 Å². The molecule has 0 saturated heterocycles. The molecule has 1 atom stereocenters. The zero-order valence-corrected chi connectivity index (χ0v) is 14.9. The van der Waals surface area contributed by atoms with Gasteiger partial charge >= 0.3 is 0 Å². The van der Waals surface area contributed by atoms with Crippen LogP contribution < -0.4 is 10.6 Å². The van der Waals surface area contributed by atoms with Crippen LogP contribution in [0.25, 0.3) is 0 Å². The van der Waals surface area contributed by atoms with Gasteiger partial charge in [-0.3, -0.25) is 4.99 Å². The second kappa shape index (κ2) is 9.85. The lowest BCUT2D eigenvalue weighted by Gasteiger charge is -2.13. The van der Waals surface area contributed by atoms with E-state index < -0.39 is 6.10 Å². The van der Waals surface area contributed by atoms with E-state index in [0.717, 1.165) is 43.0 Å². The Bertz CT molecular complexity index is 488. The number of nitrogens with one attached hydrogen (secondary N) is 2.